The minimum Gasteiger partial charge on any atom is -0.0654 e. The molecule has 0 heterocycles. The summed E-state index contributed by atoms with van der Waals surface area (Å²) in [6.45, 7) is 6.85. The summed E-state index contributed by atoms with van der Waals surface area (Å²) in [5.74, 6) is 0.954. The van der Waals surface area contributed by atoms with Gasteiger partial charge in [0.25, 0.3) is 0 Å². The molecule has 0 aliphatic rings. The summed E-state index contributed by atoms with van der Waals surface area (Å²) < 4.78 is 0. The summed E-state index contributed by atoms with van der Waals surface area (Å²) in [6, 6.07) is 0. The molecule has 0 fully saturated rings. The van der Waals surface area contributed by atoms with Gasteiger partial charge in [0.05, 0.1) is 0 Å². The number of hydrogen-bond acceptors (Lipinski definition) is 0. The molecular formula is C8H18Na. The average molecular weight is 137 g/mol. The minimum atomic E-state index is 0. The fourth-order valence-electron chi connectivity index (χ4n) is 0.757. The number of unbranched alkanes of at least 4 members (excludes halogenated alkanes) is 1. The molecule has 9 heavy (non-hydrogen) atoms. The van der Waals surface area contributed by atoms with Crippen molar-refractivity contribution in [3.8, 4) is 0 Å². The fourth-order valence-corrected chi connectivity index (χ4v) is 0.757. The predicted octanol–water partition coefficient (Wildman–Crippen LogP) is 2.84. The molecule has 0 saturated heterocycles. The van der Waals surface area contributed by atoms with Crippen LogP contribution in [0, 0.1) is 5.92 Å². The van der Waals surface area contributed by atoms with E-state index in [1.165, 1.54) is 25.7 Å². The Balaban J connectivity index is 0. The zero-order valence-corrected chi connectivity index (χ0v) is 9.41. The number of hydrogen-bond donors (Lipinski definition) is 0. The molecule has 0 N–H and O–H groups in total. The van der Waals surface area contributed by atoms with Crippen LogP contribution in [0.1, 0.15) is 46.5 Å². The molecule has 51 valence electrons. The Morgan fingerprint density at radius 2 is 1.78 bits per heavy atom. The SMILES string of the molecule is CCCCC(C)CC.[Na]. The molecule has 1 radical (unpaired) electrons. The second-order valence-electron chi connectivity index (χ2n) is 2.66. The van der Waals surface area contributed by atoms with E-state index in [-0.39, 0.29) is 29.6 Å². The van der Waals surface area contributed by atoms with Crippen LogP contribution in [-0.4, -0.2) is 29.6 Å². The van der Waals surface area contributed by atoms with Crippen molar-refractivity contribution in [3.63, 3.8) is 0 Å². The van der Waals surface area contributed by atoms with Crippen molar-refractivity contribution in [2.45, 2.75) is 46.5 Å². The van der Waals surface area contributed by atoms with Gasteiger partial charge in [-0.25, -0.2) is 0 Å². The minimum absolute atomic E-state index is 0. The van der Waals surface area contributed by atoms with Gasteiger partial charge in [-0.3, -0.25) is 0 Å². The maximum absolute atomic E-state index is 2.33. The summed E-state index contributed by atoms with van der Waals surface area (Å²) in [4.78, 5) is 0. The fraction of sp³-hybridized carbons (Fsp3) is 1.00. The molecule has 1 heteroatoms. The van der Waals surface area contributed by atoms with E-state index >= 15 is 0 Å². The zero-order chi connectivity index (χ0) is 6.41. The Hall–Kier alpha value is 1.00. The van der Waals surface area contributed by atoms with Crippen LogP contribution in [0.2, 0.25) is 0 Å². The molecule has 0 aromatic rings. The summed E-state index contributed by atoms with van der Waals surface area (Å²) >= 11 is 0. The zero-order valence-electron chi connectivity index (χ0n) is 7.41. The van der Waals surface area contributed by atoms with Crippen LogP contribution in [0.4, 0.5) is 0 Å². The molecular weight excluding hydrogens is 119 g/mol. The van der Waals surface area contributed by atoms with Crippen molar-refractivity contribution < 1.29 is 0 Å². The molecule has 0 aliphatic heterocycles. The van der Waals surface area contributed by atoms with Crippen molar-refractivity contribution in [1.29, 1.82) is 0 Å². The first kappa shape index (κ1) is 12.7. The van der Waals surface area contributed by atoms with Gasteiger partial charge in [-0.2, -0.15) is 0 Å². The third-order valence-electron chi connectivity index (χ3n) is 1.75. The molecule has 0 rings (SSSR count). The van der Waals surface area contributed by atoms with E-state index in [2.05, 4.69) is 20.8 Å². The van der Waals surface area contributed by atoms with Gasteiger partial charge in [0.15, 0.2) is 0 Å². The van der Waals surface area contributed by atoms with Gasteiger partial charge >= 0.3 is 0 Å². The van der Waals surface area contributed by atoms with Crippen molar-refractivity contribution in [2.75, 3.05) is 0 Å². The first-order chi connectivity index (χ1) is 3.81. The van der Waals surface area contributed by atoms with Crippen molar-refractivity contribution in [2.24, 2.45) is 5.92 Å². The Bertz CT molecular complexity index is 43.8. The first-order valence-corrected chi connectivity index (χ1v) is 3.81. The molecule has 1 atom stereocenters. The third kappa shape index (κ3) is 9.00. The van der Waals surface area contributed by atoms with Crippen molar-refractivity contribution in [3.05, 3.63) is 0 Å². The van der Waals surface area contributed by atoms with Gasteiger partial charge in [-0.15, -0.1) is 0 Å². The molecule has 0 aromatic carbocycles. The van der Waals surface area contributed by atoms with Crippen LogP contribution in [0.5, 0.6) is 0 Å². The van der Waals surface area contributed by atoms with Gasteiger partial charge in [0.2, 0.25) is 0 Å². The number of rotatable bonds is 4. The Kier molecular flexibility index (Phi) is 12.7. The summed E-state index contributed by atoms with van der Waals surface area (Å²) in [7, 11) is 0. The Labute approximate surface area is 81.7 Å². The van der Waals surface area contributed by atoms with Crippen molar-refractivity contribution >= 4 is 29.6 Å². The quantitative estimate of drug-likeness (QED) is 0.523. The summed E-state index contributed by atoms with van der Waals surface area (Å²) in [6.07, 6.45) is 5.53. The monoisotopic (exact) mass is 137 g/mol. The van der Waals surface area contributed by atoms with Gasteiger partial charge in [-0.1, -0.05) is 46.5 Å². The summed E-state index contributed by atoms with van der Waals surface area (Å²) in [5, 5.41) is 0. The second kappa shape index (κ2) is 9.00. The second-order valence-corrected chi connectivity index (χ2v) is 2.66. The molecule has 0 saturated carbocycles. The molecule has 0 nitrogen and oxygen atoms in total. The summed E-state index contributed by atoms with van der Waals surface area (Å²) in [5.41, 5.74) is 0. The molecule has 0 aliphatic carbocycles. The van der Waals surface area contributed by atoms with Gasteiger partial charge in [-0.05, 0) is 5.92 Å². The van der Waals surface area contributed by atoms with Crippen LogP contribution in [0.25, 0.3) is 0 Å². The molecule has 0 spiro atoms. The van der Waals surface area contributed by atoms with E-state index in [4.69, 9.17) is 0 Å². The van der Waals surface area contributed by atoms with E-state index in [0.717, 1.165) is 5.92 Å². The van der Waals surface area contributed by atoms with E-state index < -0.39 is 0 Å². The van der Waals surface area contributed by atoms with Crippen LogP contribution in [0.3, 0.4) is 0 Å². The normalized spacial score (nSPS) is 12.3. The average Bonchev–Trinajstić information content (AvgIpc) is 1.83. The Morgan fingerprint density at radius 1 is 1.22 bits per heavy atom. The smallest absolute Gasteiger partial charge is 0 e. The van der Waals surface area contributed by atoms with Crippen molar-refractivity contribution in [1.82, 2.24) is 0 Å². The van der Waals surface area contributed by atoms with Crippen LogP contribution >= 0.6 is 0 Å². The topological polar surface area (TPSA) is 0 Å². The molecule has 0 aromatic heterocycles. The van der Waals surface area contributed by atoms with E-state index in [1.807, 2.05) is 0 Å². The van der Waals surface area contributed by atoms with Crippen LogP contribution in [-0.2, 0) is 0 Å². The largest absolute Gasteiger partial charge is 0.0654 e. The van der Waals surface area contributed by atoms with E-state index in [0.29, 0.717) is 0 Å². The molecule has 0 bridgehead atoms. The van der Waals surface area contributed by atoms with Crippen LogP contribution in [0.15, 0.2) is 0 Å². The molecule has 0 amide bonds. The van der Waals surface area contributed by atoms with Gasteiger partial charge in [0, 0.05) is 29.6 Å². The van der Waals surface area contributed by atoms with Crippen LogP contribution < -0.4 is 0 Å². The van der Waals surface area contributed by atoms with Gasteiger partial charge < -0.3 is 0 Å². The Morgan fingerprint density at radius 3 is 2.11 bits per heavy atom. The van der Waals surface area contributed by atoms with Gasteiger partial charge in [0.1, 0.15) is 0 Å². The molecule has 1 unspecified atom stereocenters. The van der Waals surface area contributed by atoms with E-state index in [1.54, 1.807) is 0 Å². The maximum Gasteiger partial charge on any atom is 0 e. The predicted molar refractivity (Wildman–Crippen MR) is 44.7 cm³/mol. The standard InChI is InChI=1S/C8H18.Na/c1-4-6-7-8(3)5-2;/h8H,4-7H2,1-3H3;. The first-order valence-electron chi connectivity index (χ1n) is 3.81. The third-order valence-corrected chi connectivity index (χ3v) is 1.75. The van der Waals surface area contributed by atoms with E-state index in [9.17, 15) is 0 Å². The maximum atomic E-state index is 2.33.